The highest BCUT2D eigenvalue weighted by Crippen LogP contribution is 2.27. The summed E-state index contributed by atoms with van der Waals surface area (Å²) in [4.78, 5) is 6.90. The van der Waals surface area contributed by atoms with Gasteiger partial charge in [-0.05, 0) is 74.7 Å². The lowest BCUT2D eigenvalue weighted by Crippen LogP contribution is -2.40. The minimum Gasteiger partial charge on any atom is -0.364 e. The number of azo groups is 2. The zero-order chi connectivity index (χ0) is 20.7. The van der Waals surface area contributed by atoms with E-state index in [1.807, 2.05) is 24.0 Å². The molecule has 0 atom stereocenters. The van der Waals surface area contributed by atoms with Gasteiger partial charge in [0.05, 0.1) is 23.9 Å². The van der Waals surface area contributed by atoms with Crippen molar-refractivity contribution >= 4 is 11.5 Å². The van der Waals surface area contributed by atoms with Crippen LogP contribution >= 0.6 is 0 Å². The molecule has 3 aliphatic rings. The number of nitrogens with one attached hydrogen (secondary N) is 1. The number of fused-ring (bicyclic) bond motifs is 1. The minimum atomic E-state index is -0.247. The predicted octanol–water partition coefficient (Wildman–Crippen LogP) is 3.42. The first-order valence-corrected chi connectivity index (χ1v) is 10.3. The smallest absolute Gasteiger partial charge is 0.328 e. The SMILES string of the molecule is Cc1cc(F)ccc1-n1cc(C2=CN=C3CC=C(NC4CCN(C)CC4)N=[N+]23)cn1. The summed E-state index contributed by atoms with van der Waals surface area (Å²) in [6.45, 7) is 4.09. The first kappa shape index (κ1) is 18.9. The van der Waals surface area contributed by atoms with Crippen molar-refractivity contribution in [3.05, 3.63) is 65.6 Å². The molecule has 154 valence electrons. The van der Waals surface area contributed by atoms with Gasteiger partial charge in [-0.1, -0.05) is 9.81 Å². The number of amidine groups is 1. The van der Waals surface area contributed by atoms with Gasteiger partial charge in [0.15, 0.2) is 12.0 Å². The molecule has 0 radical (unpaired) electrons. The van der Waals surface area contributed by atoms with Crippen LogP contribution in [-0.2, 0) is 0 Å². The second-order valence-corrected chi connectivity index (χ2v) is 8.09. The lowest BCUT2D eigenvalue weighted by Gasteiger charge is -2.30. The van der Waals surface area contributed by atoms with Gasteiger partial charge < -0.3 is 10.2 Å². The van der Waals surface area contributed by atoms with Crippen LogP contribution in [0, 0.1) is 12.7 Å². The third-order valence-electron chi connectivity index (χ3n) is 5.85. The van der Waals surface area contributed by atoms with Crippen molar-refractivity contribution in [2.24, 2.45) is 10.1 Å². The molecule has 8 heteroatoms. The van der Waals surface area contributed by atoms with E-state index in [9.17, 15) is 4.39 Å². The van der Waals surface area contributed by atoms with Gasteiger partial charge in [-0.3, -0.25) is 0 Å². The maximum Gasteiger partial charge on any atom is 0.328 e. The fourth-order valence-electron chi connectivity index (χ4n) is 4.08. The molecule has 1 N–H and O–H groups in total. The standard InChI is InChI=1S/C22H25FN7/c1-15-11-17(23)3-4-19(15)29-14-16(12-25-29)20-13-24-22-6-5-21(27-30(20)22)26-18-7-9-28(2)10-8-18/h3-5,11-14,18,26H,6-10H2,1-2H3/q+1. The van der Waals surface area contributed by atoms with Crippen LogP contribution < -0.4 is 5.32 Å². The molecular weight excluding hydrogens is 381 g/mol. The molecule has 7 nitrogen and oxygen atoms in total. The highest BCUT2D eigenvalue weighted by atomic mass is 19.1. The predicted molar refractivity (Wildman–Crippen MR) is 113 cm³/mol. The van der Waals surface area contributed by atoms with E-state index >= 15 is 0 Å². The van der Waals surface area contributed by atoms with Crippen LogP contribution in [0.2, 0.25) is 0 Å². The number of likely N-dealkylation sites (tertiary alicyclic amines) is 1. The Morgan fingerprint density at radius 2 is 2.07 bits per heavy atom. The van der Waals surface area contributed by atoms with E-state index < -0.39 is 0 Å². The van der Waals surface area contributed by atoms with Gasteiger partial charge >= 0.3 is 5.84 Å². The molecule has 0 amide bonds. The molecule has 2 aromatic rings. The Bertz CT molecular complexity index is 1100. The summed E-state index contributed by atoms with van der Waals surface area (Å²) in [5, 5.41) is 12.9. The number of piperidine rings is 1. The van der Waals surface area contributed by atoms with E-state index in [2.05, 4.69) is 33.4 Å². The van der Waals surface area contributed by atoms with Gasteiger partial charge in [-0.25, -0.2) is 9.07 Å². The molecule has 30 heavy (non-hydrogen) atoms. The summed E-state index contributed by atoms with van der Waals surface area (Å²) in [5.74, 6) is 1.56. The largest absolute Gasteiger partial charge is 0.364 e. The number of aliphatic imine (C=N–C) groups is 1. The molecule has 3 aliphatic heterocycles. The first-order valence-electron chi connectivity index (χ1n) is 10.3. The summed E-state index contributed by atoms with van der Waals surface area (Å²) in [7, 11) is 2.16. The van der Waals surface area contributed by atoms with Crippen molar-refractivity contribution in [2.75, 3.05) is 20.1 Å². The van der Waals surface area contributed by atoms with Crippen LogP contribution in [0.5, 0.6) is 0 Å². The average molecular weight is 406 g/mol. The van der Waals surface area contributed by atoms with E-state index in [0.29, 0.717) is 6.04 Å². The van der Waals surface area contributed by atoms with Gasteiger partial charge in [-0.2, -0.15) is 5.10 Å². The number of benzene rings is 1. The molecule has 0 aliphatic carbocycles. The lowest BCUT2D eigenvalue weighted by atomic mass is 10.1. The maximum absolute atomic E-state index is 13.4. The molecule has 4 heterocycles. The number of hydrogen-bond acceptors (Lipinski definition) is 5. The Morgan fingerprint density at radius 1 is 1.23 bits per heavy atom. The fourth-order valence-corrected chi connectivity index (χ4v) is 4.08. The number of hydrogen-bond donors (Lipinski definition) is 1. The van der Waals surface area contributed by atoms with Crippen LogP contribution in [0.3, 0.4) is 0 Å². The quantitative estimate of drug-likeness (QED) is 0.792. The maximum atomic E-state index is 13.4. The molecule has 0 spiro atoms. The van der Waals surface area contributed by atoms with Crippen molar-refractivity contribution in [1.82, 2.24) is 20.0 Å². The topological polar surface area (TPSA) is 60.8 Å². The van der Waals surface area contributed by atoms with Crippen LogP contribution in [0.15, 0.2) is 58.8 Å². The van der Waals surface area contributed by atoms with Crippen LogP contribution in [-0.4, -0.2) is 51.4 Å². The van der Waals surface area contributed by atoms with Crippen molar-refractivity contribution in [1.29, 1.82) is 0 Å². The third kappa shape index (κ3) is 3.59. The molecule has 0 saturated carbocycles. The Hall–Kier alpha value is -3.13. The Morgan fingerprint density at radius 3 is 2.87 bits per heavy atom. The Kier molecular flexibility index (Phi) is 4.78. The van der Waals surface area contributed by atoms with E-state index in [4.69, 9.17) is 5.11 Å². The Balaban J connectivity index is 1.36. The van der Waals surface area contributed by atoms with Crippen LogP contribution in [0.4, 0.5) is 4.39 Å². The minimum absolute atomic E-state index is 0.247. The van der Waals surface area contributed by atoms with Gasteiger partial charge in [0.1, 0.15) is 5.82 Å². The van der Waals surface area contributed by atoms with Crippen molar-refractivity contribution in [3.8, 4) is 5.69 Å². The normalized spacial score (nSPS) is 19.7. The van der Waals surface area contributed by atoms with Crippen molar-refractivity contribution < 1.29 is 9.09 Å². The molecule has 0 unspecified atom stereocenters. The van der Waals surface area contributed by atoms with Crippen LogP contribution in [0.1, 0.15) is 30.4 Å². The second kappa shape index (κ2) is 7.60. The second-order valence-electron chi connectivity index (χ2n) is 8.09. The number of aryl methyl sites for hydroxylation is 1. The van der Waals surface area contributed by atoms with Crippen molar-refractivity contribution in [3.63, 3.8) is 0 Å². The lowest BCUT2D eigenvalue weighted by molar-refractivity contribution is -0.379. The first-order chi connectivity index (χ1) is 14.6. The molecule has 1 aromatic carbocycles. The van der Waals surface area contributed by atoms with E-state index in [1.165, 1.54) is 12.1 Å². The molecule has 5 rings (SSSR count). The van der Waals surface area contributed by atoms with E-state index in [0.717, 1.165) is 66.5 Å². The number of aromatic nitrogens is 2. The van der Waals surface area contributed by atoms with Crippen LogP contribution in [0.25, 0.3) is 11.4 Å². The van der Waals surface area contributed by atoms with Crippen molar-refractivity contribution in [2.45, 2.75) is 32.2 Å². The molecule has 0 bridgehead atoms. The summed E-state index contributed by atoms with van der Waals surface area (Å²) in [6.07, 6.45) is 10.7. The zero-order valence-electron chi connectivity index (χ0n) is 17.2. The highest BCUT2D eigenvalue weighted by Gasteiger charge is 2.33. The molecular formula is C22H25FN7+. The highest BCUT2D eigenvalue weighted by molar-refractivity contribution is 5.85. The average Bonchev–Trinajstić information content (AvgIpc) is 3.36. The molecule has 1 saturated heterocycles. The summed E-state index contributed by atoms with van der Waals surface area (Å²) in [5.41, 5.74) is 3.49. The summed E-state index contributed by atoms with van der Waals surface area (Å²) in [6, 6.07) is 5.16. The fraction of sp³-hybridized carbons (Fsp3) is 0.364. The zero-order valence-corrected chi connectivity index (χ0v) is 17.2. The Labute approximate surface area is 174 Å². The third-order valence-corrected chi connectivity index (χ3v) is 5.85. The monoisotopic (exact) mass is 406 g/mol. The molecule has 1 fully saturated rings. The van der Waals surface area contributed by atoms with E-state index in [-0.39, 0.29) is 5.82 Å². The van der Waals surface area contributed by atoms with Gasteiger partial charge in [0.25, 0.3) is 0 Å². The van der Waals surface area contributed by atoms with Gasteiger partial charge in [-0.15, -0.1) is 0 Å². The number of halogens is 1. The number of rotatable bonds is 4. The van der Waals surface area contributed by atoms with Gasteiger partial charge in [0, 0.05) is 12.2 Å². The number of nitrogens with zero attached hydrogens (tertiary/aromatic N) is 6. The molecule has 1 aromatic heterocycles. The van der Waals surface area contributed by atoms with E-state index in [1.54, 1.807) is 16.9 Å². The van der Waals surface area contributed by atoms with Gasteiger partial charge in [0.2, 0.25) is 5.70 Å². The summed E-state index contributed by atoms with van der Waals surface area (Å²) < 4.78 is 17.1. The summed E-state index contributed by atoms with van der Waals surface area (Å²) >= 11 is 0.